The SMILES string of the molecule is CCc1c(C)cc(C)cc1C/C=C(/C)c1c(C)cccc1NO/C(C)=C\C(C)O. The summed E-state index contributed by atoms with van der Waals surface area (Å²) >= 11 is 0. The molecule has 0 heterocycles. The monoisotopic (exact) mass is 393 g/mol. The van der Waals surface area contributed by atoms with Gasteiger partial charge >= 0.3 is 0 Å². The lowest BCUT2D eigenvalue weighted by molar-refractivity contribution is 0.226. The molecule has 0 aliphatic heterocycles. The highest BCUT2D eigenvalue weighted by molar-refractivity contribution is 5.77. The summed E-state index contributed by atoms with van der Waals surface area (Å²) in [5, 5.41) is 9.47. The van der Waals surface area contributed by atoms with Gasteiger partial charge in [0.1, 0.15) is 5.76 Å². The zero-order valence-corrected chi connectivity index (χ0v) is 18.9. The molecule has 0 saturated carbocycles. The highest BCUT2D eigenvalue weighted by Crippen LogP contribution is 2.29. The number of aliphatic hydroxyl groups is 1. The minimum atomic E-state index is -0.541. The minimum absolute atomic E-state index is 0.541. The average Bonchev–Trinajstić information content (AvgIpc) is 2.63. The van der Waals surface area contributed by atoms with Crippen LogP contribution in [0.4, 0.5) is 5.69 Å². The maximum atomic E-state index is 9.47. The van der Waals surface area contributed by atoms with Crippen LogP contribution < -0.4 is 5.48 Å². The van der Waals surface area contributed by atoms with Crippen molar-refractivity contribution in [2.45, 2.75) is 67.4 Å². The number of anilines is 1. The minimum Gasteiger partial charge on any atom is -0.389 e. The fourth-order valence-corrected chi connectivity index (χ4v) is 3.92. The van der Waals surface area contributed by atoms with Crippen molar-refractivity contribution in [1.82, 2.24) is 0 Å². The highest BCUT2D eigenvalue weighted by Gasteiger charge is 2.10. The van der Waals surface area contributed by atoms with Crippen LogP contribution in [0.25, 0.3) is 5.57 Å². The van der Waals surface area contributed by atoms with E-state index in [1.54, 1.807) is 13.0 Å². The van der Waals surface area contributed by atoms with E-state index in [2.05, 4.69) is 64.4 Å². The second-order valence-electron chi connectivity index (χ2n) is 7.88. The van der Waals surface area contributed by atoms with E-state index in [0.29, 0.717) is 5.76 Å². The van der Waals surface area contributed by atoms with E-state index in [4.69, 9.17) is 4.84 Å². The molecule has 0 saturated heterocycles. The molecule has 156 valence electrons. The van der Waals surface area contributed by atoms with Gasteiger partial charge in [-0.15, -0.1) is 0 Å². The molecule has 0 fully saturated rings. The van der Waals surface area contributed by atoms with E-state index < -0.39 is 6.10 Å². The standard InChI is InChI=1S/C26H35NO2/c1-8-24-20(5)14-17(2)15-23(24)13-12-19(4)26-18(3)10-9-11-25(26)27-29-22(7)16-21(6)28/h9-12,14-16,21,27-28H,8,13H2,1-7H3/b19-12-,22-16-. The molecule has 2 rings (SSSR count). The van der Waals surface area contributed by atoms with Crippen molar-refractivity contribution in [3.05, 3.63) is 81.6 Å². The molecule has 0 spiro atoms. The molecule has 3 nitrogen and oxygen atoms in total. The Bertz CT molecular complexity index is 907. The Labute approximate surface area is 176 Å². The van der Waals surface area contributed by atoms with Gasteiger partial charge in [-0.2, -0.15) is 0 Å². The maximum Gasteiger partial charge on any atom is 0.127 e. The summed E-state index contributed by atoms with van der Waals surface area (Å²) in [6, 6.07) is 10.7. The molecule has 0 aromatic heterocycles. The van der Waals surface area contributed by atoms with Crippen LogP contribution in [0.5, 0.6) is 0 Å². The van der Waals surface area contributed by atoms with Gasteiger partial charge < -0.3 is 9.94 Å². The van der Waals surface area contributed by atoms with Crippen LogP contribution in [0.3, 0.4) is 0 Å². The van der Waals surface area contributed by atoms with E-state index in [9.17, 15) is 5.11 Å². The third-order valence-electron chi connectivity index (χ3n) is 5.16. The third kappa shape index (κ3) is 6.23. The molecule has 29 heavy (non-hydrogen) atoms. The van der Waals surface area contributed by atoms with Gasteiger partial charge in [-0.3, -0.25) is 0 Å². The summed E-state index contributed by atoms with van der Waals surface area (Å²) in [7, 11) is 0. The lowest BCUT2D eigenvalue weighted by Gasteiger charge is -2.17. The Hall–Kier alpha value is -2.52. The van der Waals surface area contributed by atoms with Crippen LogP contribution in [0, 0.1) is 20.8 Å². The van der Waals surface area contributed by atoms with Gasteiger partial charge in [-0.1, -0.05) is 42.8 Å². The van der Waals surface area contributed by atoms with Gasteiger partial charge in [-0.05, 0) is 94.4 Å². The van der Waals surface area contributed by atoms with Gasteiger partial charge in [0.15, 0.2) is 0 Å². The number of hydrogen-bond donors (Lipinski definition) is 2. The van der Waals surface area contributed by atoms with Gasteiger partial charge in [0.2, 0.25) is 0 Å². The Morgan fingerprint density at radius 1 is 1.14 bits per heavy atom. The van der Waals surface area contributed by atoms with Crippen LogP contribution in [0.2, 0.25) is 0 Å². The van der Waals surface area contributed by atoms with Gasteiger partial charge in [0.05, 0.1) is 11.8 Å². The van der Waals surface area contributed by atoms with Crippen LogP contribution in [0.15, 0.2) is 48.2 Å². The van der Waals surface area contributed by atoms with Crippen LogP contribution in [-0.4, -0.2) is 11.2 Å². The first kappa shape index (κ1) is 22.8. The summed E-state index contributed by atoms with van der Waals surface area (Å²) in [6.45, 7) is 14.4. The van der Waals surface area contributed by atoms with Gasteiger partial charge in [0.25, 0.3) is 0 Å². The van der Waals surface area contributed by atoms with Crippen LogP contribution in [-0.2, 0) is 17.7 Å². The van der Waals surface area contributed by atoms with E-state index in [0.717, 1.165) is 24.1 Å². The van der Waals surface area contributed by atoms with Crippen molar-refractivity contribution < 1.29 is 9.94 Å². The number of hydrogen-bond acceptors (Lipinski definition) is 3. The molecule has 0 radical (unpaired) electrons. The quantitative estimate of drug-likeness (QED) is 0.400. The molecule has 1 unspecified atom stereocenters. The number of aryl methyl sites for hydroxylation is 3. The molecule has 0 aliphatic rings. The first-order valence-corrected chi connectivity index (χ1v) is 10.4. The first-order valence-electron chi connectivity index (χ1n) is 10.4. The molecule has 0 aliphatic carbocycles. The Kier molecular flexibility index (Phi) is 8.10. The predicted molar refractivity (Wildman–Crippen MR) is 124 cm³/mol. The van der Waals surface area contributed by atoms with Crippen molar-refractivity contribution >= 4 is 11.3 Å². The number of aliphatic hydroxyl groups excluding tert-OH is 1. The molecule has 3 heteroatoms. The Balaban J connectivity index is 2.30. The second kappa shape index (κ2) is 10.3. The van der Waals surface area contributed by atoms with E-state index >= 15 is 0 Å². The van der Waals surface area contributed by atoms with Gasteiger partial charge in [0, 0.05) is 5.56 Å². The average molecular weight is 394 g/mol. The predicted octanol–water partition coefficient (Wildman–Crippen LogP) is 6.45. The topological polar surface area (TPSA) is 41.5 Å². The lowest BCUT2D eigenvalue weighted by atomic mass is 9.93. The summed E-state index contributed by atoms with van der Waals surface area (Å²) in [5.41, 5.74) is 13.1. The number of nitrogens with one attached hydrogen (secondary N) is 1. The van der Waals surface area contributed by atoms with Crippen molar-refractivity contribution in [2.24, 2.45) is 0 Å². The van der Waals surface area contributed by atoms with Crippen LogP contribution >= 0.6 is 0 Å². The molecular weight excluding hydrogens is 358 g/mol. The highest BCUT2D eigenvalue weighted by atomic mass is 16.6. The molecule has 2 aromatic rings. The van der Waals surface area contributed by atoms with E-state index in [-0.39, 0.29) is 0 Å². The lowest BCUT2D eigenvalue weighted by Crippen LogP contribution is -2.05. The third-order valence-corrected chi connectivity index (χ3v) is 5.16. The van der Waals surface area contributed by atoms with Gasteiger partial charge in [-0.25, -0.2) is 5.48 Å². The molecule has 2 N–H and O–H groups in total. The summed E-state index contributed by atoms with van der Waals surface area (Å²) in [4.78, 5) is 5.64. The number of benzene rings is 2. The Morgan fingerprint density at radius 2 is 1.86 bits per heavy atom. The summed E-state index contributed by atoms with van der Waals surface area (Å²) in [6.07, 6.45) is 5.39. The fraction of sp³-hybridized carbons (Fsp3) is 0.385. The van der Waals surface area contributed by atoms with Crippen molar-refractivity contribution in [2.75, 3.05) is 5.48 Å². The zero-order valence-electron chi connectivity index (χ0n) is 18.9. The van der Waals surface area contributed by atoms with Crippen LogP contribution in [0.1, 0.15) is 61.1 Å². The zero-order chi connectivity index (χ0) is 21.6. The Morgan fingerprint density at radius 3 is 2.52 bits per heavy atom. The summed E-state index contributed by atoms with van der Waals surface area (Å²) in [5.74, 6) is 0.636. The van der Waals surface area contributed by atoms with Crippen molar-refractivity contribution in [3.8, 4) is 0 Å². The summed E-state index contributed by atoms with van der Waals surface area (Å²) < 4.78 is 0. The van der Waals surface area contributed by atoms with Crippen molar-refractivity contribution in [3.63, 3.8) is 0 Å². The van der Waals surface area contributed by atoms with Crippen molar-refractivity contribution in [1.29, 1.82) is 0 Å². The smallest absolute Gasteiger partial charge is 0.127 e. The largest absolute Gasteiger partial charge is 0.389 e. The maximum absolute atomic E-state index is 9.47. The molecule has 0 amide bonds. The second-order valence-corrected chi connectivity index (χ2v) is 7.88. The number of allylic oxidation sites excluding steroid dienone is 3. The van der Waals surface area contributed by atoms with E-state index in [1.165, 1.54) is 33.4 Å². The fourth-order valence-electron chi connectivity index (χ4n) is 3.92. The number of rotatable bonds is 8. The molecular formula is C26H35NO2. The van der Waals surface area contributed by atoms with E-state index in [1.807, 2.05) is 19.1 Å². The molecule has 1 atom stereocenters. The molecule has 0 bridgehead atoms. The molecule has 2 aromatic carbocycles. The normalized spacial score (nSPS) is 13.4. The first-order chi connectivity index (χ1) is 13.7.